The molecule has 4 aromatic rings. The van der Waals surface area contributed by atoms with Crippen LogP contribution < -0.4 is 10.6 Å². The van der Waals surface area contributed by atoms with Crippen molar-refractivity contribution in [2.24, 2.45) is 5.73 Å². The van der Waals surface area contributed by atoms with Gasteiger partial charge >= 0.3 is 0 Å². The predicted octanol–water partition coefficient (Wildman–Crippen LogP) is 3.54. The maximum absolute atomic E-state index is 14.1. The molecule has 0 radical (unpaired) electrons. The molecule has 0 aromatic carbocycles. The molecule has 0 aliphatic carbocycles. The molecule has 0 bridgehead atoms. The fourth-order valence-corrected chi connectivity index (χ4v) is 4.44. The molecule has 0 spiro atoms. The van der Waals surface area contributed by atoms with Gasteiger partial charge in [-0.05, 0) is 47.5 Å². The highest BCUT2D eigenvalue weighted by atomic mass is 79.9. The Morgan fingerprint density at radius 3 is 2.90 bits per heavy atom. The number of pyridine rings is 2. The zero-order valence-corrected chi connectivity index (χ0v) is 18.5. The molecular weight excluding hydrogens is 463 g/mol. The second-order valence-corrected chi connectivity index (χ2v) is 8.63. The third-order valence-corrected chi connectivity index (χ3v) is 6.12. The van der Waals surface area contributed by atoms with Crippen molar-refractivity contribution in [3.05, 3.63) is 41.3 Å². The highest BCUT2D eigenvalue weighted by Gasteiger charge is 2.27. The van der Waals surface area contributed by atoms with Crippen LogP contribution in [0.5, 0.6) is 0 Å². The molecule has 0 saturated carbocycles. The van der Waals surface area contributed by atoms with Crippen molar-refractivity contribution >= 4 is 32.7 Å². The van der Waals surface area contributed by atoms with E-state index in [4.69, 9.17) is 10.7 Å². The van der Waals surface area contributed by atoms with Crippen LogP contribution in [0.4, 0.5) is 10.2 Å². The standard InChI is InChI=1S/C21H22BrFN8/c1-2-31-9-12(7-26-31)18-6-15-19(8-25-18)28-29-20(15)17-4-3-16(22)21(27-17)30-10-13(23)5-14(24)11-30/h3-4,6-9,13-14H,2,5,10-11,24H2,1H3,(H,28,29)/t13-,14-/m1/s1. The zero-order chi connectivity index (χ0) is 21.5. The van der Waals surface area contributed by atoms with Crippen molar-refractivity contribution in [2.75, 3.05) is 18.0 Å². The number of nitrogens with two attached hydrogens (primary N) is 1. The van der Waals surface area contributed by atoms with E-state index in [1.807, 2.05) is 40.9 Å². The number of anilines is 1. The summed E-state index contributed by atoms with van der Waals surface area (Å²) in [5.74, 6) is 0.671. The minimum absolute atomic E-state index is 0.218. The van der Waals surface area contributed by atoms with Gasteiger partial charge in [0.15, 0.2) is 0 Å². The van der Waals surface area contributed by atoms with Gasteiger partial charge in [-0.3, -0.25) is 14.8 Å². The number of alkyl halides is 1. The van der Waals surface area contributed by atoms with Gasteiger partial charge in [-0.15, -0.1) is 0 Å². The Morgan fingerprint density at radius 1 is 1.26 bits per heavy atom. The van der Waals surface area contributed by atoms with Crippen molar-refractivity contribution in [3.63, 3.8) is 0 Å². The molecule has 10 heteroatoms. The van der Waals surface area contributed by atoms with E-state index in [0.717, 1.165) is 33.2 Å². The molecule has 4 aromatic heterocycles. The van der Waals surface area contributed by atoms with Crippen LogP contribution in [0.2, 0.25) is 0 Å². The number of hydrogen-bond acceptors (Lipinski definition) is 6. The lowest BCUT2D eigenvalue weighted by molar-refractivity contribution is 0.268. The molecule has 1 saturated heterocycles. The molecule has 0 unspecified atom stereocenters. The van der Waals surface area contributed by atoms with Crippen LogP contribution in [0.15, 0.2) is 41.3 Å². The fourth-order valence-electron chi connectivity index (χ4n) is 3.97. The van der Waals surface area contributed by atoms with Gasteiger partial charge in [0.1, 0.15) is 17.7 Å². The van der Waals surface area contributed by atoms with Crippen LogP contribution in [0, 0.1) is 0 Å². The first-order valence-electron chi connectivity index (χ1n) is 10.2. The van der Waals surface area contributed by atoms with Gasteiger partial charge < -0.3 is 10.6 Å². The molecular formula is C21H22BrFN8. The van der Waals surface area contributed by atoms with E-state index in [0.29, 0.717) is 30.2 Å². The SMILES string of the molecule is CCn1cc(-c2cc3c(-c4ccc(Br)c(N5C[C@H](N)C[C@@H](F)C5)n4)n[nH]c3cn2)cn1. The average Bonchev–Trinajstić information content (AvgIpc) is 3.40. The third-order valence-electron chi connectivity index (χ3n) is 5.50. The van der Waals surface area contributed by atoms with Crippen molar-refractivity contribution in [1.82, 2.24) is 29.9 Å². The van der Waals surface area contributed by atoms with E-state index in [-0.39, 0.29) is 12.6 Å². The predicted molar refractivity (Wildman–Crippen MR) is 121 cm³/mol. The summed E-state index contributed by atoms with van der Waals surface area (Å²) in [6.45, 7) is 3.68. The highest BCUT2D eigenvalue weighted by Crippen LogP contribution is 2.33. The van der Waals surface area contributed by atoms with E-state index in [1.54, 1.807) is 12.4 Å². The van der Waals surface area contributed by atoms with Gasteiger partial charge in [0.25, 0.3) is 0 Å². The molecule has 160 valence electrons. The summed E-state index contributed by atoms with van der Waals surface area (Å²) >= 11 is 3.56. The summed E-state index contributed by atoms with van der Waals surface area (Å²) in [4.78, 5) is 11.2. The number of aryl methyl sites for hydroxylation is 1. The van der Waals surface area contributed by atoms with Crippen LogP contribution in [-0.4, -0.2) is 55.2 Å². The number of nitrogens with one attached hydrogen (secondary N) is 1. The zero-order valence-electron chi connectivity index (χ0n) is 17.0. The highest BCUT2D eigenvalue weighted by molar-refractivity contribution is 9.10. The molecule has 5 rings (SSSR count). The normalized spacial score (nSPS) is 19.3. The lowest BCUT2D eigenvalue weighted by Gasteiger charge is -2.34. The number of rotatable bonds is 4. The fraction of sp³-hybridized carbons (Fsp3) is 0.333. The van der Waals surface area contributed by atoms with Gasteiger partial charge in [0.05, 0.1) is 40.3 Å². The van der Waals surface area contributed by atoms with Crippen molar-refractivity contribution in [3.8, 4) is 22.6 Å². The molecule has 8 nitrogen and oxygen atoms in total. The quantitative estimate of drug-likeness (QED) is 0.459. The van der Waals surface area contributed by atoms with Crippen LogP contribution in [0.25, 0.3) is 33.5 Å². The molecule has 5 heterocycles. The average molecular weight is 485 g/mol. The molecule has 1 aliphatic heterocycles. The molecule has 0 amide bonds. The Kier molecular flexibility index (Phi) is 5.19. The number of halogens is 2. The van der Waals surface area contributed by atoms with Gasteiger partial charge in [-0.1, -0.05) is 0 Å². The second-order valence-electron chi connectivity index (χ2n) is 7.77. The lowest BCUT2D eigenvalue weighted by Crippen LogP contribution is -2.48. The first kappa shape index (κ1) is 20.1. The van der Waals surface area contributed by atoms with Gasteiger partial charge in [0, 0.05) is 36.3 Å². The number of H-pyrrole nitrogens is 1. The van der Waals surface area contributed by atoms with Crippen LogP contribution in [-0.2, 0) is 6.54 Å². The monoisotopic (exact) mass is 484 g/mol. The van der Waals surface area contributed by atoms with Crippen molar-refractivity contribution < 1.29 is 4.39 Å². The summed E-state index contributed by atoms with van der Waals surface area (Å²) in [6, 6.07) is 5.59. The van der Waals surface area contributed by atoms with E-state index >= 15 is 0 Å². The Labute approximate surface area is 186 Å². The summed E-state index contributed by atoms with van der Waals surface area (Å²) in [6.07, 6.45) is 4.95. The van der Waals surface area contributed by atoms with E-state index < -0.39 is 6.17 Å². The second kappa shape index (κ2) is 8.01. The molecule has 1 aliphatic rings. The van der Waals surface area contributed by atoms with Crippen molar-refractivity contribution in [2.45, 2.75) is 32.1 Å². The van der Waals surface area contributed by atoms with Crippen LogP contribution in [0.1, 0.15) is 13.3 Å². The number of nitrogens with zero attached hydrogens (tertiary/aromatic N) is 6. The summed E-state index contributed by atoms with van der Waals surface area (Å²) < 4.78 is 16.8. The van der Waals surface area contributed by atoms with Gasteiger partial charge in [-0.25, -0.2) is 9.37 Å². The molecule has 3 N–H and O–H groups in total. The summed E-state index contributed by atoms with van der Waals surface area (Å²) in [5.41, 5.74) is 10.0. The number of aromatic amines is 1. The first-order valence-corrected chi connectivity index (χ1v) is 11.0. The Morgan fingerprint density at radius 2 is 2.13 bits per heavy atom. The number of fused-ring (bicyclic) bond motifs is 1. The Bertz CT molecular complexity index is 1230. The maximum atomic E-state index is 14.1. The third kappa shape index (κ3) is 3.81. The van der Waals surface area contributed by atoms with E-state index in [1.165, 1.54) is 0 Å². The van der Waals surface area contributed by atoms with Crippen molar-refractivity contribution in [1.29, 1.82) is 0 Å². The summed E-state index contributed by atoms with van der Waals surface area (Å²) in [5, 5.41) is 12.8. The number of aromatic nitrogens is 6. The lowest BCUT2D eigenvalue weighted by atomic mass is 10.1. The topological polar surface area (TPSA) is 102 Å². The minimum atomic E-state index is -0.968. The van der Waals surface area contributed by atoms with Gasteiger partial charge in [-0.2, -0.15) is 10.2 Å². The van der Waals surface area contributed by atoms with E-state index in [9.17, 15) is 4.39 Å². The van der Waals surface area contributed by atoms with E-state index in [2.05, 4.69) is 36.2 Å². The summed E-state index contributed by atoms with van der Waals surface area (Å²) in [7, 11) is 0. The number of piperidine rings is 1. The van der Waals surface area contributed by atoms with Gasteiger partial charge in [0.2, 0.25) is 0 Å². The Hall–Kier alpha value is -2.85. The number of hydrogen-bond donors (Lipinski definition) is 2. The maximum Gasteiger partial charge on any atom is 0.143 e. The van der Waals surface area contributed by atoms with Crippen LogP contribution >= 0.6 is 15.9 Å². The molecule has 31 heavy (non-hydrogen) atoms. The Balaban J connectivity index is 1.55. The smallest absolute Gasteiger partial charge is 0.143 e. The minimum Gasteiger partial charge on any atom is -0.351 e. The largest absolute Gasteiger partial charge is 0.351 e. The molecule has 1 fully saturated rings. The molecule has 2 atom stereocenters. The van der Waals surface area contributed by atoms with Crippen LogP contribution in [0.3, 0.4) is 0 Å². The first-order chi connectivity index (χ1) is 15.0.